The number of fused-ring (bicyclic) bond motifs is 1. The van der Waals surface area contributed by atoms with Crippen molar-refractivity contribution in [1.29, 1.82) is 0 Å². The molecule has 1 atom stereocenters. The van der Waals surface area contributed by atoms with Gasteiger partial charge in [0.05, 0.1) is 21.7 Å². The third kappa shape index (κ3) is 9.01. The minimum absolute atomic E-state index is 0.373. The van der Waals surface area contributed by atoms with E-state index in [0.717, 1.165) is 71.2 Å². The molecule has 0 radical (unpaired) electrons. The molecule has 2 aliphatic rings. The Morgan fingerprint density at radius 2 is 1.90 bits per heavy atom. The molecular weight excluding hydrogens is 525 g/mol. The van der Waals surface area contributed by atoms with Gasteiger partial charge in [0.2, 0.25) is 5.95 Å². The van der Waals surface area contributed by atoms with Gasteiger partial charge >= 0.3 is 0 Å². The molecule has 0 aromatic carbocycles. The summed E-state index contributed by atoms with van der Waals surface area (Å²) in [6.45, 7) is 11.2. The van der Waals surface area contributed by atoms with Crippen molar-refractivity contribution in [1.82, 2.24) is 25.3 Å². The number of aromatic nitrogens is 4. The lowest BCUT2D eigenvalue weighted by Crippen LogP contribution is -2.28. The average Bonchev–Trinajstić information content (AvgIpc) is 3.86. The molecule has 0 spiro atoms. The van der Waals surface area contributed by atoms with Gasteiger partial charge in [0.25, 0.3) is 0 Å². The molecule has 0 saturated heterocycles. The number of aryl methyl sites for hydroxylation is 1. The van der Waals surface area contributed by atoms with Crippen molar-refractivity contribution in [3.63, 3.8) is 0 Å². The van der Waals surface area contributed by atoms with Crippen LogP contribution in [0.2, 0.25) is 0 Å². The SMILES string of the molecule is C#C.CCNC(N)=S.CC[C@H](C)CCNc1nc(NCC2CC2)nc(C)c1-c1nc2c(C3CC3)nccc2s1. The van der Waals surface area contributed by atoms with Gasteiger partial charge in [0.1, 0.15) is 16.3 Å². The van der Waals surface area contributed by atoms with E-state index in [2.05, 4.69) is 72.8 Å². The molecule has 3 heterocycles. The number of terminal acetylenes is 1. The van der Waals surface area contributed by atoms with Crippen molar-refractivity contribution in [3.8, 4) is 23.4 Å². The predicted molar refractivity (Wildman–Crippen MR) is 169 cm³/mol. The van der Waals surface area contributed by atoms with Gasteiger partial charge in [-0.05, 0) is 76.1 Å². The molecule has 39 heavy (non-hydrogen) atoms. The zero-order valence-corrected chi connectivity index (χ0v) is 25.2. The molecule has 0 aliphatic heterocycles. The molecule has 2 fully saturated rings. The fraction of sp³-hybridized carbons (Fsp3) is 0.552. The maximum Gasteiger partial charge on any atom is 0.224 e. The second-order valence-corrected chi connectivity index (χ2v) is 11.6. The Kier molecular flexibility index (Phi) is 11.7. The van der Waals surface area contributed by atoms with Crippen LogP contribution in [0.3, 0.4) is 0 Å². The van der Waals surface area contributed by atoms with Gasteiger partial charge in [-0.25, -0.2) is 9.97 Å². The molecule has 2 saturated carbocycles. The van der Waals surface area contributed by atoms with E-state index in [4.69, 9.17) is 20.7 Å². The molecular formula is C29H42N8S2. The Labute approximate surface area is 242 Å². The summed E-state index contributed by atoms with van der Waals surface area (Å²) in [7, 11) is 0. The number of nitrogens with two attached hydrogens (primary N) is 1. The number of thiazole rings is 1. The molecule has 3 aromatic rings. The zero-order valence-electron chi connectivity index (χ0n) is 23.6. The van der Waals surface area contributed by atoms with Crippen LogP contribution in [0.1, 0.15) is 76.6 Å². The van der Waals surface area contributed by atoms with Gasteiger partial charge in [0, 0.05) is 31.7 Å². The van der Waals surface area contributed by atoms with Gasteiger partial charge in [-0.2, -0.15) is 4.98 Å². The van der Waals surface area contributed by atoms with Crippen LogP contribution < -0.4 is 21.7 Å². The van der Waals surface area contributed by atoms with Gasteiger partial charge in [-0.3, -0.25) is 4.98 Å². The monoisotopic (exact) mass is 566 g/mol. The van der Waals surface area contributed by atoms with Gasteiger partial charge in [-0.15, -0.1) is 24.2 Å². The summed E-state index contributed by atoms with van der Waals surface area (Å²) in [6, 6.07) is 2.08. The number of pyridine rings is 1. The summed E-state index contributed by atoms with van der Waals surface area (Å²) in [5.74, 6) is 3.68. The number of hydrogen-bond acceptors (Lipinski definition) is 8. The second-order valence-electron chi connectivity index (χ2n) is 10.1. The van der Waals surface area contributed by atoms with Crippen LogP contribution in [0.15, 0.2) is 12.3 Å². The summed E-state index contributed by atoms with van der Waals surface area (Å²) in [4.78, 5) is 19.4. The highest BCUT2D eigenvalue weighted by molar-refractivity contribution is 7.80. The van der Waals surface area contributed by atoms with Gasteiger partial charge < -0.3 is 21.7 Å². The number of nitrogens with zero attached hydrogens (tertiary/aromatic N) is 4. The highest BCUT2D eigenvalue weighted by Crippen LogP contribution is 2.44. The predicted octanol–water partition coefficient (Wildman–Crippen LogP) is 6.09. The van der Waals surface area contributed by atoms with Crippen LogP contribution in [-0.2, 0) is 0 Å². The maximum absolute atomic E-state index is 5.05. The number of hydrogen-bond donors (Lipinski definition) is 4. The van der Waals surface area contributed by atoms with Crippen LogP contribution in [0.5, 0.6) is 0 Å². The Bertz CT molecular complexity index is 1250. The Morgan fingerprint density at radius 1 is 1.15 bits per heavy atom. The fourth-order valence-electron chi connectivity index (χ4n) is 4.05. The van der Waals surface area contributed by atoms with Crippen LogP contribution >= 0.6 is 23.6 Å². The van der Waals surface area contributed by atoms with Crippen LogP contribution in [0, 0.1) is 31.6 Å². The van der Waals surface area contributed by atoms with E-state index in [9.17, 15) is 0 Å². The molecule has 8 nitrogen and oxygen atoms in total. The summed E-state index contributed by atoms with van der Waals surface area (Å²) in [5, 5.41) is 11.1. The van der Waals surface area contributed by atoms with Crippen molar-refractivity contribution < 1.29 is 0 Å². The summed E-state index contributed by atoms with van der Waals surface area (Å²) in [5.41, 5.74) is 9.25. The molecule has 0 bridgehead atoms. The standard InChI is InChI=1S/C24H32N6S.C3H8N2S.C2H2/c1-4-14(2)9-11-26-22-19(15(3)28-24(30-22)27-13-16-5-6-16)23-29-21-18(31-23)10-12-25-20(21)17-7-8-17;1-2-5-3(4)6;1-2/h10,12,14,16-17H,4-9,11,13H2,1-3H3,(H2,26,27,28,30);2H2,1H3,(H3,4,5,6);1-2H/t14-;;/m0../s1. The minimum atomic E-state index is 0.373. The molecule has 3 aromatic heterocycles. The normalized spacial score (nSPS) is 14.8. The van der Waals surface area contributed by atoms with Crippen molar-refractivity contribution in [3.05, 3.63) is 23.7 Å². The lowest BCUT2D eigenvalue weighted by atomic mass is 10.1. The quantitative estimate of drug-likeness (QED) is 0.162. The largest absolute Gasteiger partial charge is 0.376 e. The highest BCUT2D eigenvalue weighted by Gasteiger charge is 2.29. The minimum Gasteiger partial charge on any atom is -0.376 e. The highest BCUT2D eigenvalue weighted by atomic mass is 32.1. The van der Waals surface area contributed by atoms with Crippen molar-refractivity contribution >= 4 is 50.6 Å². The van der Waals surface area contributed by atoms with Crippen LogP contribution in [0.25, 0.3) is 20.8 Å². The van der Waals surface area contributed by atoms with Crippen molar-refractivity contribution in [2.24, 2.45) is 17.6 Å². The number of nitrogens with one attached hydrogen (secondary N) is 3. The Morgan fingerprint density at radius 3 is 2.49 bits per heavy atom. The second kappa shape index (κ2) is 14.9. The summed E-state index contributed by atoms with van der Waals surface area (Å²) >= 11 is 6.19. The number of thiocarbonyl (C=S) groups is 1. The molecule has 5 N–H and O–H groups in total. The van der Waals surface area contributed by atoms with E-state index in [1.807, 2.05) is 13.1 Å². The first-order valence-electron chi connectivity index (χ1n) is 13.9. The van der Waals surface area contributed by atoms with E-state index in [0.29, 0.717) is 16.9 Å². The van der Waals surface area contributed by atoms with Crippen molar-refractivity contribution in [2.75, 3.05) is 30.3 Å². The molecule has 5 rings (SSSR count). The smallest absolute Gasteiger partial charge is 0.224 e. The molecule has 10 heteroatoms. The van der Waals surface area contributed by atoms with E-state index < -0.39 is 0 Å². The van der Waals surface area contributed by atoms with Crippen LogP contribution in [0.4, 0.5) is 11.8 Å². The first kappa shape index (κ1) is 30.5. The molecule has 0 amide bonds. The van der Waals surface area contributed by atoms with Gasteiger partial charge in [-0.1, -0.05) is 20.3 Å². The Hall–Kier alpha value is -3.03. The third-order valence-corrected chi connectivity index (χ3v) is 8.01. The first-order chi connectivity index (χ1) is 18.9. The molecule has 2 aliphatic carbocycles. The Balaban J connectivity index is 0.000000467. The van der Waals surface area contributed by atoms with Gasteiger partial charge in [0.15, 0.2) is 5.11 Å². The van der Waals surface area contributed by atoms with Crippen molar-refractivity contribution in [2.45, 2.75) is 72.1 Å². The number of rotatable bonds is 11. The molecule has 0 unspecified atom stereocenters. The first-order valence-corrected chi connectivity index (χ1v) is 15.1. The lowest BCUT2D eigenvalue weighted by Gasteiger charge is -2.15. The van der Waals surface area contributed by atoms with E-state index in [1.54, 1.807) is 11.3 Å². The third-order valence-electron chi connectivity index (χ3n) is 6.83. The molecule has 210 valence electrons. The van der Waals surface area contributed by atoms with E-state index >= 15 is 0 Å². The van der Waals surface area contributed by atoms with E-state index in [1.165, 1.54) is 36.8 Å². The summed E-state index contributed by atoms with van der Waals surface area (Å²) in [6.07, 6.45) is 17.3. The average molecular weight is 567 g/mol. The van der Waals surface area contributed by atoms with E-state index in [-0.39, 0.29) is 0 Å². The van der Waals surface area contributed by atoms with Crippen LogP contribution in [-0.4, -0.2) is 44.7 Å². The lowest BCUT2D eigenvalue weighted by molar-refractivity contribution is 0.531. The topological polar surface area (TPSA) is 114 Å². The zero-order chi connectivity index (χ0) is 28.4. The fourth-order valence-corrected chi connectivity index (χ4v) is 5.26. The number of anilines is 2. The summed E-state index contributed by atoms with van der Waals surface area (Å²) < 4.78 is 1.20. The maximum atomic E-state index is 5.05.